The summed E-state index contributed by atoms with van der Waals surface area (Å²) in [6.45, 7) is 0.623. The Balaban J connectivity index is 1.74. The van der Waals surface area contributed by atoms with Crippen molar-refractivity contribution in [2.24, 2.45) is 7.05 Å². The third-order valence-electron chi connectivity index (χ3n) is 2.76. The van der Waals surface area contributed by atoms with Crippen molar-refractivity contribution in [3.05, 3.63) is 35.9 Å². The van der Waals surface area contributed by atoms with E-state index in [2.05, 4.69) is 20.4 Å². The summed E-state index contributed by atoms with van der Waals surface area (Å²) in [6.07, 6.45) is 10.6. The summed E-state index contributed by atoms with van der Waals surface area (Å²) >= 11 is 1.45. The first-order valence-corrected chi connectivity index (χ1v) is 7.53. The molecule has 1 N–H and O–H groups in total. The summed E-state index contributed by atoms with van der Waals surface area (Å²) in [5.74, 6) is -0.135. The van der Waals surface area contributed by atoms with Crippen LogP contribution in [-0.2, 0) is 13.5 Å². The molecular weight excluding hydrogens is 274 g/mol. The van der Waals surface area contributed by atoms with E-state index in [-0.39, 0.29) is 5.91 Å². The summed E-state index contributed by atoms with van der Waals surface area (Å²) < 4.78 is 1.78. The van der Waals surface area contributed by atoms with Crippen LogP contribution in [0.15, 0.2) is 29.9 Å². The minimum atomic E-state index is -0.135. The number of aryl methyl sites for hydroxylation is 2. The van der Waals surface area contributed by atoms with Gasteiger partial charge in [-0.05, 0) is 24.7 Å². The van der Waals surface area contributed by atoms with Crippen molar-refractivity contribution in [1.29, 1.82) is 0 Å². The van der Waals surface area contributed by atoms with E-state index >= 15 is 0 Å². The van der Waals surface area contributed by atoms with Crippen molar-refractivity contribution in [2.75, 3.05) is 12.8 Å². The summed E-state index contributed by atoms with van der Waals surface area (Å²) in [5, 5.41) is 7.63. The van der Waals surface area contributed by atoms with Gasteiger partial charge in [-0.15, -0.1) is 0 Å². The van der Waals surface area contributed by atoms with E-state index in [0.717, 1.165) is 12.8 Å². The second kappa shape index (κ2) is 7.04. The second-order valence-electron chi connectivity index (χ2n) is 4.34. The molecule has 6 nitrogen and oxygen atoms in total. The molecule has 0 spiro atoms. The number of amides is 1. The molecule has 1 amide bonds. The number of nitrogens with zero attached hydrogens (tertiary/aromatic N) is 4. The lowest BCUT2D eigenvalue weighted by atomic mass is 10.2. The van der Waals surface area contributed by atoms with E-state index in [4.69, 9.17) is 0 Å². The molecule has 2 rings (SSSR count). The van der Waals surface area contributed by atoms with Crippen LogP contribution in [-0.4, -0.2) is 38.5 Å². The lowest BCUT2D eigenvalue weighted by Crippen LogP contribution is -2.25. The molecule has 0 unspecified atom stereocenters. The Hall–Kier alpha value is -1.89. The van der Waals surface area contributed by atoms with Gasteiger partial charge in [0.1, 0.15) is 0 Å². The van der Waals surface area contributed by atoms with Crippen LogP contribution < -0.4 is 5.32 Å². The lowest BCUT2D eigenvalue weighted by Gasteiger charge is -2.04. The SMILES string of the molecule is CSc1ncc(C(=O)NCCCc2cnn(C)c2)cn1. The number of hydrogen-bond acceptors (Lipinski definition) is 5. The van der Waals surface area contributed by atoms with Crippen LogP contribution in [0, 0.1) is 0 Å². The maximum Gasteiger partial charge on any atom is 0.254 e. The summed E-state index contributed by atoms with van der Waals surface area (Å²) in [5.41, 5.74) is 1.67. The van der Waals surface area contributed by atoms with E-state index in [9.17, 15) is 4.79 Å². The smallest absolute Gasteiger partial charge is 0.254 e. The minimum absolute atomic E-state index is 0.135. The number of carbonyl (C=O) groups is 1. The molecular formula is C13H17N5OS. The van der Waals surface area contributed by atoms with Gasteiger partial charge in [-0.2, -0.15) is 5.10 Å². The van der Waals surface area contributed by atoms with E-state index in [1.165, 1.54) is 17.3 Å². The molecule has 7 heteroatoms. The fourth-order valence-electron chi connectivity index (χ4n) is 1.74. The van der Waals surface area contributed by atoms with Crippen molar-refractivity contribution in [1.82, 2.24) is 25.1 Å². The molecule has 20 heavy (non-hydrogen) atoms. The molecule has 0 aromatic carbocycles. The van der Waals surface area contributed by atoms with Gasteiger partial charge in [0, 0.05) is 32.2 Å². The van der Waals surface area contributed by atoms with Gasteiger partial charge < -0.3 is 5.32 Å². The van der Waals surface area contributed by atoms with Gasteiger partial charge in [0.05, 0.1) is 11.8 Å². The fourth-order valence-corrected chi connectivity index (χ4v) is 2.05. The number of carbonyl (C=O) groups excluding carboxylic acids is 1. The topological polar surface area (TPSA) is 72.7 Å². The highest BCUT2D eigenvalue weighted by Crippen LogP contribution is 2.07. The summed E-state index contributed by atoms with van der Waals surface area (Å²) in [4.78, 5) is 20.0. The average Bonchev–Trinajstić information content (AvgIpc) is 2.89. The average molecular weight is 291 g/mol. The van der Waals surface area contributed by atoms with E-state index in [0.29, 0.717) is 17.3 Å². The van der Waals surface area contributed by atoms with Crippen LogP contribution >= 0.6 is 11.8 Å². The molecule has 0 saturated carbocycles. The zero-order chi connectivity index (χ0) is 14.4. The Labute approximate surface area is 122 Å². The minimum Gasteiger partial charge on any atom is -0.352 e. The number of nitrogens with one attached hydrogen (secondary N) is 1. The number of thioether (sulfide) groups is 1. The highest BCUT2D eigenvalue weighted by molar-refractivity contribution is 7.98. The molecule has 2 heterocycles. The van der Waals surface area contributed by atoms with Gasteiger partial charge in [0.25, 0.3) is 5.91 Å². The Kier molecular flexibility index (Phi) is 5.11. The Morgan fingerprint density at radius 2 is 2.10 bits per heavy atom. The lowest BCUT2D eigenvalue weighted by molar-refractivity contribution is 0.0952. The predicted octanol–water partition coefficient (Wildman–Crippen LogP) is 1.29. The van der Waals surface area contributed by atoms with Gasteiger partial charge in [0.2, 0.25) is 0 Å². The molecule has 0 aliphatic carbocycles. The van der Waals surface area contributed by atoms with Gasteiger partial charge in [-0.3, -0.25) is 9.48 Å². The zero-order valence-electron chi connectivity index (χ0n) is 11.5. The molecule has 2 aromatic heterocycles. The molecule has 0 radical (unpaired) electrons. The van der Waals surface area contributed by atoms with Crippen molar-refractivity contribution in [2.45, 2.75) is 18.0 Å². The maximum atomic E-state index is 11.8. The van der Waals surface area contributed by atoms with Crippen molar-refractivity contribution < 1.29 is 4.79 Å². The third kappa shape index (κ3) is 4.06. The molecule has 0 aliphatic rings. The van der Waals surface area contributed by atoms with Gasteiger partial charge in [-0.1, -0.05) is 11.8 Å². The van der Waals surface area contributed by atoms with E-state index < -0.39 is 0 Å². The van der Waals surface area contributed by atoms with Gasteiger partial charge >= 0.3 is 0 Å². The third-order valence-corrected chi connectivity index (χ3v) is 3.34. The van der Waals surface area contributed by atoms with Crippen molar-refractivity contribution in [3.63, 3.8) is 0 Å². The molecule has 0 saturated heterocycles. The Morgan fingerprint density at radius 1 is 1.35 bits per heavy atom. The van der Waals surface area contributed by atoms with Crippen LogP contribution in [0.25, 0.3) is 0 Å². The second-order valence-corrected chi connectivity index (χ2v) is 5.11. The largest absolute Gasteiger partial charge is 0.352 e. The van der Waals surface area contributed by atoms with Crippen LogP contribution in [0.3, 0.4) is 0 Å². The predicted molar refractivity (Wildman–Crippen MR) is 77.7 cm³/mol. The normalized spacial score (nSPS) is 10.5. The van der Waals surface area contributed by atoms with Crippen molar-refractivity contribution in [3.8, 4) is 0 Å². The highest BCUT2D eigenvalue weighted by atomic mass is 32.2. The highest BCUT2D eigenvalue weighted by Gasteiger charge is 2.06. The maximum absolute atomic E-state index is 11.8. The van der Waals surface area contributed by atoms with Crippen LogP contribution in [0.2, 0.25) is 0 Å². The standard InChI is InChI=1S/C13H17N5OS/c1-18-9-10(6-17-18)4-3-5-14-12(19)11-7-15-13(20-2)16-8-11/h6-9H,3-5H2,1-2H3,(H,14,19). The number of rotatable bonds is 6. The molecule has 2 aromatic rings. The Morgan fingerprint density at radius 3 is 2.70 bits per heavy atom. The van der Waals surface area contributed by atoms with Crippen LogP contribution in [0.4, 0.5) is 0 Å². The first kappa shape index (κ1) is 14.5. The monoisotopic (exact) mass is 291 g/mol. The van der Waals surface area contributed by atoms with Crippen LogP contribution in [0.1, 0.15) is 22.3 Å². The first-order chi connectivity index (χ1) is 9.69. The number of hydrogen-bond donors (Lipinski definition) is 1. The number of aromatic nitrogens is 4. The van der Waals surface area contributed by atoms with E-state index in [1.54, 1.807) is 17.1 Å². The fraction of sp³-hybridized carbons (Fsp3) is 0.385. The van der Waals surface area contributed by atoms with Crippen molar-refractivity contribution >= 4 is 17.7 Å². The molecule has 0 atom stereocenters. The quantitative estimate of drug-likeness (QED) is 0.493. The molecule has 0 fully saturated rings. The zero-order valence-corrected chi connectivity index (χ0v) is 12.4. The van der Waals surface area contributed by atoms with Crippen LogP contribution in [0.5, 0.6) is 0 Å². The summed E-state index contributed by atoms with van der Waals surface area (Å²) in [6, 6.07) is 0. The molecule has 0 aliphatic heterocycles. The first-order valence-electron chi connectivity index (χ1n) is 6.31. The van der Waals surface area contributed by atoms with Gasteiger partial charge in [0.15, 0.2) is 5.16 Å². The van der Waals surface area contributed by atoms with E-state index in [1.807, 2.05) is 25.7 Å². The van der Waals surface area contributed by atoms with Gasteiger partial charge in [-0.25, -0.2) is 9.97 Å². The molecule has 0 bridgehead atoms. The summed E-state index contributed by atoms with van der Waals surface area (Å²) in [7, 11) is 1.89. The Bertz CT molecular complexity index is 566. The molecule has 106 valence electrons.